The molecule has 18 heavy (non-hydrogen) atoms. The lowest BCUT2D eigenvalue weighted by molar-refractivity contribution is -0.131. The lowest BCUT2D eigenvalue weighted by Gasteiger charge is -2.23. The van der Waals surface area contributed by atoms with Gasteiger partial charge < -0.3 is 10.0 Å². The number of benzene rings is 1. The van der Waals surface area contributed by atoms with Crippen LogP contribution in [0.5, 0.6) is 0 Å². The van der Waals surface area contributed by atoms with E-state index in [2.05, 4.69) is 18.4 Å². The van der Waals surface area contributed by atoms with E-state index in [0.29, 0.717) is 0 Å². The Morgan fingerprint density at radius 3 is 2.78 bits per heavy atom. The highest BCUT2D eigenvalue weighted by atomic mass is 16.4. The largest absolute Gasteiger partial charge is 0.478 e. The van der Waals surface area contributed by atoms with Crippen LogP contribution < -0.4 is 4.90 Å². The summed E-state index contributed by atoms with van der Waals surface area (Å²) in [5, 5.41) is 8.72. The molecular formula is C15H19NO2. The van der Waals surface area contributed by atoms with E-state index in [4.69, 9.17) is 5.11 Å². The molecule has 0 aliphatic carbocycles. The van der Waals surface area contributed by atoms with Gasteiger partial charge >= 0.3 is 5.97 Å². The van der Waals surface area contributed by atoms with Gasteiger partial charge in [-0.25, -0.2) is 4.79 Å². The number of carboxylic acid groups (broad SMARTS) is 1. The van der Waals surface area contributed by atoms with Crippen LogP contribution in [0.3, 0.4) is 0 Å². The number of carbonyl (C=O) groups is 1. The molecule has 0 aromatic heterocycles. The van der Waals surface area contributed by atoms with E-state index in [-0.39, 0.29) is 0 Å². The number of aryl methyl sites for hydroxylation is 1. The van der Waals surface area contributed by atoms with Crippen molar-refractivity contribution in [3.8, 4) is 0 Å². The maximum absolute atomic E-state index is 10.6. The molecule has 1 N–H and O–H groups in total. The Kier molecular flexibility index (Phi) is 5.18. The summed E-state index contributed by atoms with van der Waals surface area (Å²) in [4.78, 5) is 12.8. The van der Waals surface area contributed by atoms with Crippen molar-refractivity contribution >= 4 is 17.7 Å². The zero-order valence-corrected chi connectivity index (χ0v) is 10.9. The molecule has 1 rings (SSSR count). The molecular weight excluding hydrogens is 226 g/mol. The summed E-state index contributed by atoms with van der Waals surface area (Å²) in [7, 11) is 0. The van der Waals surface area contributed by atoms with Gasteiger partial charge in [0.1, 0.15) is 0 Å². The highest BCUT2D eigenvalue weighted by Gasteiger charge is 2.07. The Morgan fingerprint density at radius 1 is 1.50 bits per heavy atom. The van der Waals surface area contributed by atoms with Gasteiger partial charge in [0, 0.05) is 24.9 Å². The van der Waals surface area contributed by atoms with Gasteiger partial charge in [-0.05, 0) is 37.6 Å². The number of anilines is 1. The third-order valence-electron chi connectivity index (χ3n) is 2.66. The van der Waals surface area contributed by atoms with Gasteiger partial charge in [0.15, 0.2) is 0 Å². The molecule has 0 fully saturated rings. The molecule has 0 bridgehead atoms. The second kappa shape index (κ2) is 6.64. The lowest BCUT2D eigenvalue weighted by atomic mass is 10.1. The van der Waals surface area contributed by atoms with Crippen LogP contribution in [0, 0.1) is 6.92 Å². The maximum Gasteiger partial charge on any atom is 0.328 e. The number of likely N-dealkylation sites (N-methyl/N-ethyl adjacent to an activating group) is 1. The van der Waals surface area contributed by atoms with Crippen molar-refractivity contribution in [1.82, 2.24) is 0 Å². The summed E-state index contributed by atoms with van der Waals surface area (Å²) < 4.78 is 0. The summed E-state index contributed by atoms with van der Waals surface area (Å²) in [5.74, 6) is -0.936. The fourth-order valence-corrected chi connectivity index (χ4v) is 1.81. The highest BCUT2D eigenvalue weighted by molar-refractivity contribution is 5.87. The van der Waals surface area contributed by atoms with Crippen molar-refractivity contribution in [2.75, 3.05) is 18.0 Å². The normalized spacial score (nSPS) is 10.6. The average molecular weight is 245 g/mol. The Labute approximate surface area is 108 Å². The van der Waals surface area contributed by atoms with Crippen LogP contribution in [-0.4, -0.2) is 24.2 Å². The van der Waals surface area contributed by atoms with Gasteiger partial charge in [-0.1, -0.05) is 17.7 Å². The second-order valence-corrected chi connectivity index (χ2v) is 4.06. The van der Waals surface area contributed by atoms with E-state index in [1.54, 1.807) is 6.08 Å². The highest BCUT2D eigenvalue weighted by Crippen LogP contribution is 2.23. The van der Waals surface area contributed by atoms with Crippen LogP contribution in [0.2, 0.25) is 0 Å². The second-order valence-electron chi connectivity index (χ2n) is 4.06. The molecule has 0 heterocycles. The van der Waals surface area contributed by atoms with Crippen molar-refractivity contribution in [1.29, 1.82) is 0 Å². The number of hydrogen-bond acceptors (Lipinski definition) is 2. The summed E-state index contributed by atoms with van der Waals surface area (Å²) >= 11 is 0. The van der Waals surface area contributed by atoms with Gasteiger partial charge in [0.2, 0.25) is 0 Å². The Morgan fingerprint density at radius 2 is 2.22 bits per heavy atom. The topological polar surface area (TPSA) is 40.5 Å². The molecule has 0 aliphatic rings. The molecule has 1 aromatic rings. The van der Waals surface area contributed by atoms with Crippen molar-refractivity contribution in [2.24, 2.45) is 0 Å². The van der Waals surface area contributed by atoms with Crippen LogP contribution in [0.15, 0.2) is 36.9 Å². The summed E-state index contributed by atoms with van der Waals surface area (Å²) in [6.45, 7) is 9.39. The van der Waals surface area contributed by atoms with E-state index in [1.165, 1.54) is 6.08 Å². The first-order valence-corrected chi connectivity index (χ1v) is 5.96. The van der Waals surface area contributed by atoms with Gasteiger partial charge in [-0.2, -0.15) is 0 Å². The first-order valence-electron chi connectivity index (χ1n) is 5.96. The number of rotatable bonds is 6. The standard InChI is InChI=1S/C15H19NO2/c1-4-10-16(5-2)14-8-6-12(3)11-13(14)7-9-15(17)18/h4,6-9,11H,1,5,10H2,2-3H3,(H,17,18)/b9-7+. The third-order valence-corrected chi connectivity index (χ3v) is 2.66. The quantitative estimate of drug-likeness (QED) is 0.618. The van der Waals surface area contributed by atoms with Crippen LogP contribution >= 0.6 is 0 Å². The third kappa shape index (κ3) is 3.77. The molecule has 96 valence electrons. The monoisotopic (exact) mass is 245 g/mol. The molecule has 0 amide bonds. The van der Waals surface area contributed by atoms with Gasteiger partial charge in [-0.15, -0.1) is 6.58 Å². The minimum Gasteiger partial charge on any atom is -0.478 e. The van der Waals surface area contributed by atoms with Crippen molar-refractivity contribution in [2.45, 2.75) is 13.8 Å². The number of hydrogen-bond donors (Lipinski definition) is 1. The molecule has 0 atom stereocenters. The van der Waals surface area contributed by atoms with Gasteiger partial charge in [0.25, 0.3) is 0 Å². The Hall–Kier alpha value is -2.03. The number of nitrogens with zero attached hydrogens (tertiary/aromatic N) is 1. The van der Waals surface area contributed by atoms with Crippen LogP contribution in [0.1, 0.15) is 18.1 Å². The minimum atomic E-state index is -0.936. The molecule has 0 radical (unpaired) electrons. The number of aliphatic carboxylic acids is 1. The van der Waals surface area contributed by atoms with E-state index >= 15 is 0 Å². The Bertz CT molecular complexity index is 464. The zero-order valence-electron chi connectivity index (χ0n) is 10.9. The van der Waals surface area contributed by atoms with Crippen molar-refractivity contribution in [3.05, 3.63) is 48.1 Å². The maximum atomic E-state index is 10.6. The fraction of sp³-hybridized carbons (Fsp3) is 0.267. The molecule has 0 unspecified atom stereocenters. The van der Waals surface area contributed by atoms with E-state index in [9.17, 15) is 4.79 Å². The predicted molar refractivity (Wildman–Crippen MR) is 75.9 cm³/mol. The van der Waals surface area contributed by atoms with E-state index < -0.39 is 5.97 Å². The first kappa shape index (κ1) is 14.0. The van der Waals surface area contributed by atoms with Crippen molar-refractivity contribution in [3.63, 3.8) is 0 Å². The lowest BCUT2D eigenvalue weighted by Crippen LogP contribution is -2.23. The number of carboxylic acids is 1. The molecule has 3 heteroatoms. The van der Waals surface area contributed by atoms with Crippen LogP contribution in [0.4, 0.5) is 5.69 Å². The van der Waals surface area contributed by atoms with Crippen LogP contribution in [0.25, 0.3) is 6.08 Å². The molecule has 3 nitrogen and oxygen atoms in total. The Balaban J connectivity index is 3.16. The molecule has 1 aromatic carbocycles. The van der Waals surface area contributed by atoms with Gasteiger partial charge in [-0.3, -0.25) is 0 Å². The zero-order chi connectivity index (χ0) is 13.5. The minimum absolute atomic E-state index is 0.744. The smallest absolute Gasteiger partial charge is 0.328 e. The first-order chi connectivity index (χ1) is 8.58. The fourth-order valence-electron chi connectivity index (χ4n) is 1.81. The van der Waals surface area contributed by atoms with Crippen molar-refractivity contribution < 1.29 is 9.90 Å². The summed E-state index contributed by atoms with van der Waals surface area (Å²) in [5.41, 5.74) is 3.06. The molecule has 0 saturated carbocycles. The molecule has 0 spiro atoms. The van der Waals surface area contributed by atoms with E-state index in [0.717, 1.165) is 29.9 Å². The summed E-state index contributed by atoms with van der Waals surface area (Å²) in [6, 6.07) is 6.03. The van der Waals surface area contributed by atoms with Crippen LogP contribution in [-0.2, 0) is 4.79 Å². The molecule has 0 saturated heterocycles. The molecule has 0 aliphatic heterocycles. The van der Waals surface area contributed by atoms with E-state index in [1.807, 2.05) is 31.2 Å². The average Bonchev–Trinajstić information content (AvgIpc) is 2.34. The summed E-state index contributed by atoms with van der Waals surface area (Å²) in [6.07, 6.45) is 4.64. The predicted octanol–water partition coefficient (Wildman–Crippen LogP) is 3.11. The van der Waals surface area contributed by atoms with Gasteiger partial charge in [0.05, 0.1) is 0 Å². The SMILES string of the molecule is C=CCN(CC)c1ccc(C)cc1/C=C/C(=O)O.